The van der Waals surface area contributed by atoms with Crippen LogP contribution in [0.2, 0.25) is 0 Å². The van der Waals surface area contributed by atoms with E-state index in [2.05, 4.69) is 0 Å². The average molecular weight is 242 g/mol. The Morgan fingerprint density at radius 1 is 1.24 bits per heavy atom. The van der Waals surface area contributed by atoms with E-state index in [9.17, 15) is 13.6 Å². The zero-order valence-corrected chi connectivity index (χ0v) is 10.2. The highest BCUT2D eigenvalue weighted by Crippen LogP contribution is 2.36. The van der Waals surface area contributed by atoms with Crippen molar-refractivity contribution in [3.05, 3.63) is 34.4 Å². The Labute approximate surface area is 99.3 Å². The van der Waals surface area contributed by atoms with Gasteiger partial charge < -0.3 is 5.11 Å². The second kappa shape index (κ2) is 4.82. The van der Waals surface area contributed by atoms with E-state index >= 15 is 0 Å². The van der Waals surface area contributed by atoms with Gasteiger partial charge in [0, 0.05) is 12.0 Å². The number of carbonyl (C=O) groups is 1. The van der Waals surface area contributed by atoms with Gasteiger partial charge in [-0.2, -0.15) is 0 Å². The van der Waals surface area contributed by atoms with Crippen LogP contribution >= 0.6 is 0 Å². The van der Waals surface area contributed by atoms with Crippen LogP contribution in [0.1, 0.15) is 35.1 Å². The van der Waals surface area contributed by atoms with Crippen molar-refractivity contribution < 1.29 is 18.7 Å². The number of halogens is 2. The van der Waals surface area contributed by atoms with Gasteiger partial charge in [-0.3, -0.25) is 4.79 Å². The van der Waals surface area contributed by atoms with Crippen molar-refractivity contribution in [1.82, 2.24) is 0 Å². The van der Waals surface area contributed by atoms with Gasteiger partial charge in [0.15, 0.2) is 0 Å². The van der Waals surface area contributed by atoms with E-state index in [0.717, 1.165) is 11.1 Å². The lowest BCUT2D eigenvalue weighted by Gasteiger charge is -2.20. The molecule has 0 saturated carbocycles. The van der Waals surface area contributed by atoms with Gasteiger partial charge in [-0.1, -0.05) is 12.1 Å². The van der Waals surface area contributed by atoms with Crippen molar-refractivity contribution in [2.45, 2.75) is 39.5 Å². The van der Waals surface area contributed by atoms with Crippen LogP contribution in [0.5, 0.6) is 0 Å². The highest BCUT2D eigenvalue weighted by Gasteiger charge is 2.33. The molecule has 4 heteroatoms. The molecule has 0 unspecified atom stereocenters. The Balaban J connectivity index is 3.06. The fraction of sp³-hybridized carbons (Fsp3) is 0.462. The van der Waals surface area contributed by atoms with Crippen molar-refractivity contribution in [2.75, 3.05) is 0 Å². The maximum Gasteiger partial charge on any atom is 0.303 e. The summed E-state index contributed by atoms with van der Waals surface area (Å²) in [7, 11) is 0. The molecule has 0 radical (unpaired) electrons. The number of alkyl halides is 2. The van der Waals surface area contributed by atoms with Crippen LogP contribution in [0.4, 0.5) is 8.78 Å². The summed E-state index contributed by atoms with van der Waals surface area (Å²) in [6.45, 7) is 5.30. The van der Waals surface area contributed by atoms with Gasteiger partial charge in [-0.15, -0.1) is 0 Å². The molecule has 1 rings (SSSR count). The summed E-state index contributed by atoms with van der Waals surface area (Å²) < 4.78 is 27.7. The monoisotopic (exact) mass is 242 g/mol. The molecule has 0 spiro atoms. The Morgan fingerprint density at radius 2 is 1.82 bits per heavy atom. The van der Waals surface area contributed by atoms with Crippen LogP contribution in [-0.2, 0) is 10.7 Å². The topological polar surface area (TPSA) is 37.3 Å². The van der Waals surface area contributed by atoms with Gasteiger partial charge in [-0.05, 0) is 37.5 Å². The van der Waals surface area contributed by atoms with Gasteiger partial charge in [0.2, 0.25) is 0 Å². The van der Waals surface area contributed by atoms with E-state index in [0.29, 0.717) is 5.56 Å². The molecular formula is C13H16F2O2. The summed E-state index contributed by atoms with van der Waals surface area (Å²) in [4.78, 5) is 10.3. The van der Waals surface area contributed by atoms with Crippen LogP contribution in [0.25, 0.3) is 0 Å². The van der Waals surface area contributed by atoms with Gasteiger partial charge in [0.05, 0.1) is 6.42 Å². The largest absolute Gasteiger partial charge is 0.481 e. The number of benzene rings is 1. The van der Waals surface area contributed by atoms with Crippen LogP contribution in [-0.4, -0.2) is 11.1 Å². The Bertz CT molecular complexity index is 439. The van der Waals surface area contributed by atoms with Crippen LogP contribution in [0.15, 0.2) is 12.1 Å². The molecule has 0 aliphatic heterocycles. The Morgan fingerprint density at radius 3 is 2.35 bits per heavy atom. The first-order chi connectivity index (χ1) is 7.75. The Kier molecular flexibility index (Phi) is 3.86. The molecule has 1 aromatic carbocycles. The average Bonchev–Trinajstić information content (AvgIpc) is 2.23. The first-order valence-corrected chi connectivity index (χ1v) is 5.42. The highest BCUT2D eigenvalue weighted by atomic mass is 19.3. The van der Waals surface area contributed by atoms with Crippen LogP contribution in [0.3, 0.4) is 0 Å². The molecule has 0 saturated heterocycles. The molecule has 2 nitrogen and oxygen atoms in total. The smallest absolute Gasteiger partial charge is 0.303 e. The van der Waals surface area contributed by atoms with E-state index in [4.69, 9.17) is 5.11 Å². The van der Waals surface area contributed by atoms with Crippen molar-refractivity contribution in [1.29, 1.82) is 0 Å². The normalized spacial score (nSPS) is 11.6. The molecule has 0 aliphatic carbocycles. The zero-order valence-electron chi connectivity index (χ0n) is 10.2. The molecule has 17 heavy (non-hydrogen) atoms. The third-order valence-corrected chi connectivity index (χ3v) is 3.10. The van der Waals surface area contributed by atoms with Gasteiger partial charge in [0.1, 0.15) is 0 Å². The fourth-order valence-corrected chi connectivity index (χ4v) is 1.75. The summed E-state index contributed by atoms with van der Waals surface area (Å²) in [5, 5.41) is 8.46. The minimum absolute atomic E-state index is 0.0677. The van der Waals surface area contributed by atoms with E-state index < -0.39 is 24.7 Å². The first kappa shape index (κ1) is 13.6. The van der Waals surface area contributed by atoms with E-state index in [-0.39, 0.29) is 5.56 Å². The minimum atomic E-state index is -3.08. The summed E-state index contributed by atoms with van der Waals surface area (Å²) in [5.41, 5.74) is 2.26. The lowest BCUT2D eigenvalue weighted by molar-refractivity contribution is -0.139. The Hall–Kier alpha value is -1.45. The number of carboxylic acids is 1. The molecule has 94 valence electrons. The number of aryl methyl sites for hydroxylation is 1. The molecule has 1 aromatic rings. The zero-order chi connectivity index (χ0) is 13.2. The third-order valence-electron chi connectivity index (χ3n) is 3.10. The number of rotatable bonds is 4. The number of aliphatic carboxylic acids is 1. The molecule has 0 heterocycles. The second-order valence-electron chi connectivity index (χ2n) is 4.28. The van der Waals surface area contributed by atoms with E-state index in [1.54, 1.807) is 19.9 Å². The van der Waals surface area contributed by atoms with E-state index in [1.165, 1.54) is 6.07 Å². The third kappa shape index (κ3) is 3.02. The molecule has 0 bridgehead atoms. The van der Waals surface area contributed by atoms with Crippen molar-refractivity contribution in [3.63, 3.8) is 0 Å². The molecule has 1 N–H and O–H groups in total. The first-order valence-electron chi connectivity index (χ1n) is 5.42. The lowest BCUT2D eigenvalue weighted by Crippen LogP contribution is -2.17. The predicted molar refractivity (Wildman–Crippen MR) is 61.4 cm³/mol. The molecule has 0 aromatic heterocycles. The van der Waals surface area contributed by atoms with Crippen LogP contribution in [0, 0.1) is 20.8 Å². The van der Waals surface area contributed by atoms with Crippen molar-refractivity contribution in [2.24, 2.45) is 0 Å². The summed E-state index contributed by atoms with van der Waals surface area (Å²) in [5.74, 6) is -4.29. The molecule has 0 fully saturated rings. The van der Waals surface area contributed by atoms with Crippen LogP contribution < -0.4 is 0 Å². The summed E-state index contributed by atoms with van der Waals surface area (Å²) in [6, 6.07) is 3.03. The maximum atomic E-state index is 13.8. The van der Waals surface area contributed by atoms with E-state index in [1.807, 2.05) is 6.92 Å². The quantitative estimate of drug-likeness (QED) is 0.876. The number of carboxylic acid groups (broad SMARTS) is 1. The molecule has 0 atom stereocenters. The van der Waals surface area contributed by atoms with Crippen molar-refractivity contribution in [3.8, 4) is 0 Å². The van der Waals surface area contributed by atoms with Gasteiger partial charge in [-0.25, -0.2) is 8.78 Å². The fourth-order valence-electron chi connectivity index (χ4n) is 1.75. The standard InChI is InChI=1S/C13H16F2O2/c1-8-4-5-11(10(3)9(8)2)13(14,15)7-6-12(16)17/h4-5H,6-7H2,1-3H3,(H,16,17). The molecule has 0 amide bonds. The maximum absolute atomic E-state index is 13.8. The summed E-state index contributed by atoms with van der Waals surface area (Å²) >= 11 is 0. The van der Waals surface area contributed by atoms with Gasteiger partial charge in [0.25, 0.3) is 5.92 Å². The lowest BCUT2D eigenvalue weighted by atomic mass is 9.93. The van der Waals surface area contributed by atoms with Gasteiger partial charge >= 0.3 is 5.97 Å². The minimum Gasteiger partial charge on any atom is -0.481 e. The SMILES string of the molecule is Cc1ccc(C(F)(F)CCC(=O)O)c(C)c1C. The highest BCUT2D eigenvalue weighted by molar-refractivity contribution is 5.66. The number of hydrogen-bond donors (Lipinski definition) is 1. The summed E-state index contributed by atoms with van der Waals surface area (Å²) in [6.07, 6.45) is -1.19. The second-order valence-corrected chi connectivity index (χ2v) is 4.28. The number of hydrogen-bond acceptors (Lipinski definition) is 1. The molecule has 0 aliphatic rings. The van der Waals surface area contributed by atoms with Crippen molar-refractivity contribution >= 4 is 5.97 Å². The molecular weight excluding hydrogens is 226 g/mol. The predicted octanol–water partition coefficient (Wildman–Crippen LogP) is 3.57.